The summed E-state index contributed by atoms with van der Waals surface area (Å²) in [5, 5.41) is 11.2. The Hall–Kier alpha value is -0.850. The highest BCUT2D eigenvalue weighted by Crippen LogP contribution is 2.43. The van der Waals surface area contributed by atoms with Crippen LogP contribution in [0, 0.1) is 18.3 Å². The van der Waals surface area contributed by atoms with Gasteiger partial charge in [-0.1, -0.05) is 0 Å². The zero-order chi connectivity index (χ0) is 11.1. The second-order valence-electron chi connectivity index (χ2n) is 5.04. The third-order valence-electron chi connectivity index (χ3n) is 3.13. The molecule has 0 aliphatic carbocycles. The van der Waals surface area contributed by atoms with E-state index in [0.717, 1.165) is 0 Å². The summed E-state index contributed by atoms with van der Waals surface area (Å²) >= 11 is 0. The lowest BCUT2D eigenvalue weighted by Crippen LogP contribution is -2.48. The van der Waals surface area contributed by atoms with Gasteiger partial charge in [0.05, 0.1) is 11.5 Å². The van der Waals surface area contributed by atoms with Crippen LogP contribution < -0.4 is 0 Å². The minimum absolute atomic E-state index is 0.223. The van der Waals surface area contributed by atoms with Crippen molar-refractivity contribution in [3.05, 3.63) is 0 Å². The molecular formula is C11H17NO2. The van der Waals surface area contributed by atoms with Crippen LogP contribution in [0.25, 0.3) is 0 Å². The Morgan fingerprint density at radius 2 is 2.00 bits per heavy atom. The highest BCUT2D eigenvalue weighted by molar-refractivity contribution is 5.97. The average Bonchev–Trinajstić information content (AvgIpc) is 2.25. The number of carbonyl (C=O) groups excluding carboxylic acids is 1. The third kappa shape index (κ3) is 1.45. The van der Waals surface area contributed by atoms with Gasteiger partial charge in [0.1, 0.15) is 0 Å². The van der Waals surface area contributed by atoms with Crippen LogP contribution in [-0.4, -0.2) is 27.1 Å². The summed E-state index contributed by atoms with van der Waals surface area (Å²) in [6.07, 6.45) is 5.70. The normalized spacial score (nSPS) is 29.9. The number of nitrogens with zero attached hydrogens (tertiary/aromatic N) is 1. The number of hydrogen-bond donors (Lipinski definition) is 1. The predicted molar refractivity (Wildman–Crippen MR) is 53.7 cm³/mol. The SMILES string of the molecule is C#CC(=O)C1CC(C)(C)N(O)C1(C)C. The predicted octanol–water partition coefficient (Wildman–Crippen LogP) is 1.46. The molecule has 1 aliphatic heterocycles. The fourth-order valence-corrected chi connectivity index (χ4v) is 2.28. The number of hydroxylamine groups is 2. The number of rotatable bonds is 1. The van der Waals surface area contributed by atoms with E-state index in [-0.39, 0.29) is 17.2 Å². The van der Waals surface area contributed by atoms with Crippen molar-refractivity contribution in [3.63, 3.8) is 0 Å². The summed E-state index contributed by atoms with van der Waals surface area (Å²) in [6, 6.07) is 0. The van der Waals surface area contributed by atoms with E-state index in [1.165, 1.54) is 5.06 Å². The Kier molecular flexibility index (Phi) is 2.47. The molecule has 0 saturated carbocycles. The molecule has 0 radical (unpaired) electrons. The molecule has 0 spiro atoms. The molecule has 0 aromatic rings. The van der Waals surface area contributed by atoms with E-state index >= 15 is 0 Å². The van der Waals surface area contributed by atoms with Crippen molar-refractivity contribution in [2.75, 3.05) is 0 Å². The Morgan fingerprint density at radius 3 is 2.29 bits per heavy atom. The van der Waals surface area contributed by atoms with Crippen molar-refractivity contribution in [2.45, 2.75) is 45.2 Å². The van der Waals surface area contributed by atoms with E-state index in [0.29, 0.717) is 6.42 Å². The van der Waals surface area contributed by atoms with Crippen LogP contribution in [0.5, 0.6) is 0 Å². The van der Waals surface area contributed by atoms with Gasteiger partial charge in [0.25, 0.3) is 0 Å². The van der Waals surface area contributed by atoms with Gasteiger partial charge in [-0.3, -0.25) is 4.79 Å². The lowest BCUT2D eigenvalue weighted by molar-refractivity contribution is -0.196. The van der Waals surface area contributed by atoms with Gasteiger partial charge in [0, 0.05) is 5.54 Å². The van der Waals surface area contributed by atoms with Crippen LogP contribution in [0.4, 0.5) is 0 Å². The molecule has 3 heteroatoms. The van der Waals surface area contributed by atoms with E-state index in [4.69, 9.17) is 6.42 Å². The first-order chi connectivity index (χ1) is 6.23. The molecule has 1 atom stereocenters. The van der Waals surface area contributed by atoms with Crippen LogP contribution in [0.3, 0.4) is 0 Å². The summed E-state index contributed by atoms with van der Waals surface area (Å²) in [5.41, 5.74) is -0.965. The van der Waals surface area contributed by atoms with Gasteiger partial charge in [-0.05, 0) is 40.0 Å². The van der Waals surface area contributed by atoms with E-state index in [2.05, 4.69) is 5.92 Å². The summed E-state index contributed by atoms with van der Waals surface area (Å²) in [4.78, 5) is 11.5. The summed E-state index contributed by atoms with van der Waals surface area (Å²) in [6.45, 7) is 7.47. The fourth-order valence-electron chi connectivity index (χ4n) is 2.28. The lowest BCUT2D eigenvalue weighted by atomic mass is 9.84. The topological polar surface area (TPSA) is 40.5 Å². The highest BCUT2D eigenvalue weighted by Gasteiger charge is 2.53. The van der Waals surface area contributed by atoms with Gasteiger partial charge in [-0.2, -0.15) is 5.06 Å². The second kappa shape index (κ2) is 3.08. The quantitative estimate of drug-likeness (QED) is 0.508. The molecule has 1 aliphatic rings. The Balaban J connectivity index is 3.04. The average molecular weight is 195 g/mol. The smallest absolute Gasteiger partial charge is 0.210 e. The van der Waals surface area contributed by atoms with E-state index in [1.807, 2.05) is 27.7 Å². The number of ketones is 1. The minimum Gasteiger partial charge on any atom is -0.313 e. The molecule has 1 heterocycles. The van der Waals surface area contributed by atoms with Gasteiger partial charge in [0.2, 0.25) is 5.78 Å². The number of hydrogen-bond acceptors (Lipinski definition) is 3. The fraction of sp³-hybridized carbons (Fsp3) is 0.727. The summed E-state index contributed by atoms with van der Waals surface area (Å²) in [5.74, 6) is 1.64. The van der Waals surface area contributed by atoms with Crippen molar-refractivity contribution >= 4 is 5.78 Å². The molecule has 3 nitrogen and oxygen atoms in total. The molecule has 0 aromatic carbocycles. The molecule has 0 amide bonds. The standard InChI is InChI=1S/C11H17NO2/c1-6-9(13)8-7-10(2,3)12(14)11(8,4)5/h1,8,14H,7H2,2-5H3. The zero-order valence-electron chi connectivity index (χ0n) is 9.16. The first-order valence-corrected chi connectivity index (χ1v) is 4.73. The second-order valence-corrected chi connectivity index (χ2v) is 5.04. The van der Waals surface area contributed by atoms with Crippen molar-refractivity contribution in [1.29, 1.82) is 0 Å². The molecule has 1 unspecified atom stereocenters. The molecule has 0 aromatic heterocycles. The van der Waals surface area contributed by atoms with Crippen LogP contribution in [0.1, 0.15) is 34.1 Å². The molecule has 0 bridgehead atoms. The Bertz CT molecular complexity index is 299. The minimum atomic E-state index is -0.576. The van der Waals surface area contributed by atoms with E-state index < -0.39 is 5.54 Å². The van der Waals surface area contributed by atoms with Crippen LogP contribution in [0.2, 0.25) is 0 Å². The van der Waals surface area contributed by atoms with Gasteiger partial charge in [0.15, 0.2) is 0 Å². The monoisotopic (exact) mass is 195 g/mol. The Morgan fingerprint density at radius 1 is 1.50 bits per heavy atom. The van der Waals surface area contributed by atoms with Crippen molar-refractivity contribution in [2.24, 2.45) is 5.92 Å². The maximum Gasteiger partial charge on any atom is 0.210 e. The highest BCUT2D eigenvalue weighted by atomic mass is 16.5. The molecular weight excluding hydrogens is 178 g/mol. The number of terminal acetylenes is 1. The van der Waals surface area contributed by atoms with Gasteiger partial charge < -0.3 is 5.21 Å². The van der Waals surface area contributed by atoms with Crippen molar-refractivity contribution in [1.82, 2.24) is 5.06 Å². The molecule has 1 rings (SSSR count). The number of carbonyl (C=O) groups is 1. The van der Waals surface area contributed by atoms with Crippen molar-refractivity contribution in [3.8, 4) is 12.3 Å². The van der Waals surface area contributed by atoms with Crippen molar-refractivity contribution < 1.29 is 10.0 Å². The van der Waals surface area contributed by atoms with E-state index in [9.17, 15) is 10.0 Å². The van der Waals surface area contributed by atoms with Crippen LogP contribution in [-0.2, 0) is 4.79 Å². The summed E-state index contributed by atoms with van der Waals surface area (Å²) < 4.78 is 0. The Labute approximate surface area is 85.1 Å². The maximum atomic E-state index is 11.5. The molecule has 78 valence electrons. The molecule has 1 fully saturated rings. The molecule has 1 saturated heterocycles. The molecule has 14 heavy (non-hydrogen) atoms. The maximum absolute atomic E-state index is 11.5. The van der Waals surface area contributed by atoms with Crippen LogP contribution >= 0.6 is 0 Å². The van der Waals surface area contributed by atoms with Gasteiger partial charge in [-0.15, -0.1) is 6.42 Å². The van der Waals surface area contributed by atoms with Gasteiger partial charge >= 0.3 is 0 Å². The lowest BCUT2D eigenvalue weighted by Gasteiger charge is -2.35. The van der Waals surface area contributed by atoms with E-state index in [1.54, 1.807) is 0 Å². The number of Topliss-reactive ketones (excluding diaryl/α,β-unsaturated/α-hetero) is 1. The third-order valence-corrected chi connectivity index (χ3v) is 3.13. The first kappa shape index (κ1) is 11.2. The van der Waals surface area contributed by atoms with Crippen LogP contribution in [0.15, 0.2) is 0 Å². The zero-order valence-corrected chi connectivity index (χ0v) is 9.16. The van der Waals surface area contributed by atoms with Gasteiger partial charge in [-0.25, -0.2) is 0 Å². The molecule has 1 N–H and O–H groups in total. The largest absolute Gasteiger partial charge is 0.313 e. The first-order valence-electron chi connectivity index (χ1n) is 4.73. The summed E-state index contributed by atoms with van der Waals surface area (Å²) in [7, 11) is 0.